The summed E-state index contributed by atoms with van der Waals surface area (Å²) in [6.07, 6.45) is 5.70. The average molecular weight is 282 g/mol. The number of pyridine rings is 1. The summed E-state index contributed by atoms with van der Waals surface area (Å²) in [6, 6.07) is 6.22. The minimum Gasteiger partial charge on any atom is -0.302 e. The average Bonchev–Trinajstić information content (AvgIpc) is 2.41. The largest absolute Gasteiger partial charge is 0.302 e. The zero-order valence-electron chi connectivity index (χ0n) is 10.3. The third kappa shape index (κ3) is 3.17. The van der Waals surface area contributed by atoms with Crippen molar-refractivity contribution in [3.05, 3.63) is 23.4 Å². The molecule has 3 nitrogen and oxygen atoms in total. The van der Waals surface area contributed by atoms with Crippen molar-refractivity contribution in [3.63, 3.8) is 0 Å². The van der Waals surface area contributed by atoms with Gasteiger partial charge in [0.05, 0.1) is 16.1 Å². The van der Waals surface area contributed by atoms with Crippen molar-refractivity contribution < 1.29 is 0 Å². The fourth-order valence-corrected chi connectivity index (χ4v) is 3.68. The van der Waals surface area contributed by atoms with Crippen LogP contribution in [0.2, 0.25) is 5.02 Å². The molecule has 96 valence electrons. The van der Waals surface area contributed by atoms with E-state index in [9.17, 15) is 5.26 Å². The van der Waals surface area contributed by atoms with Gasteiger partial charge in [0.1, 0.15) is 5.54 Å². The third-order valence-electron chi connectivity index (χ3n) is 3.39. The Labute approximate surface area is 117 Å². The number of aromatic nitrogens is 1. The molecule has 2 unspecified atom stereocenters. The third-order valence-corrected chi connectivity index (χ3v) is 4.83. The van der Waals surface area contributed by atoms with Crippen LogP contribution in [-0.4, -0.2) is 22.8 Å². The van der Waals surface area contributed by atoms with Gasteiger partial charge in [-0.2, -0.15) is 5.26 Å². The van der Waals surface area contributed by atoms with E-state index < -0.39 is 0 Å². The summed E-state index contributed by atoms with van der Waals surface area (Å²) < 4.78 is 0. The van der Waals surface area contributed by atoms with E-state index in [1.165, 1.54) is 0 Å². The Hall–Kier alpha value is -0.760. The highest BCUT2D eigenvalue weighted by Gasteiger charge is 2.35. The molecule has 0 spiro atoms. The first-order valence-corrected chi connectivity index (χ1v) is 7.31. The first kappa shape index (κ1) is 13.7. The van der Waals surface area contributed by atoms with Crippen LogP contribution in [0, 0.1) is 11.3 Å². The monoisotopic (exact) mass is 281 g/mol. The van der Waals surface area contributed by atoms with Crippen molar-refractivity contribution in [2.75, 3.05) is 7.05 Å². The number of rotatable bonds is 3. The van der Waals surface area contributed by atoms with Gasteiger partial charge < -0.3 is 5.32 Å². The molecule has 1 aromatic rings. The highest BCUT2D eigenvalue weighted by molar-refractivity contribution is 7.99. The lowest BCUT2D eigenvalue weighted by atomic mass is 9.83. The molecule has 1 aromatic heterocycles. The van der Waals surface area contributed by atoms with Crippen LogP contribution >= 0.6 is 23.4 Å². The molecule has 2 rings (SSSR count). The molecule has 1 saturated carbocycles. The number of hydrogen-bond acceptors (Lipinski definition) is 4. The summed E-state index contributed by atoms with van der Waals surface area (Å²) in [5.41, 5.74) is -0.359. The smallest absolute Gasteiger partial charge is 0.107 e. The highest BCUT2D eigenvalue weighted by atomic mass is 35.5. The number of nitriles is 1. The van der Waals surface area contributed by atoms with E-state index in [2.05, 4.69) is 16.4 Å². The molecule has 0 bridgehead atoms. The molecular formula is C13H16ClN3S. The Morgan fingerprint density at radius 1 is 1.61 bits per heavy atom. The molecule has 0 aliphatic heterocycles. The quantitative estimate of drug-likeness (QED) is 0.924. The topological polar surface area (TPSA) is 48.7 Å². The van der Waals surface area contributed by atoms with Crippen molar-refractivity contribution in [1.29, 1.82) is 5.26 Å². The summed E-state index contributed by atoms with van der Waals surface area (Å²) in [6.45, 7) is 0. The Bertz CT molecular complexity index is 443. The van der Waals surface area contributed by atoms with Gasteiger partial charge >= 0.3 is 0 Å². The molecule has 2 atom stereocenters. The van der Waals surface area contributed by atoms with E-state index in [-0.39, 0.29) is 5.54 Å². The van der Waals surface area contributed by atoms with Gasteiger partial charge in [-0.05, 0) is 44.9 Å². The minimum absolute atomic E-state index is 0.359. The lowest BCUT2D eigenvalue weighted by Crippen LogP contribution is -2.46. The number of thioether (sulfide) groups is 1. The van der Waals surface area contributed by atoms with Crippen molar-refractivity contribution in [1.82, 2.24) is 10.3 Å². The molecule has 18 heavy (non-hydrogen) atoms. The maximum Gasteiger partial charge on any atom is 0.107 e. The number of hydrogen-bond donors (Lipinski definition) is 1. The summed E-state index contributed by atoms with van der Waals surface area (Å²) in [4.78, 5) is 4.30. The van der Waals surface area contributed by atoms with Crippen LogP contribution in [0.25, 0.3) is 0 Å². The second-order valence-corrected chi connectivity index (χ2v) is 6.35. The van der Waals surface area contributed by atoms with Gasteiger partial charge in [-0.15, -0.1) is 11.8 Å². The number of nitrogens with zero attached hydrogens (tertiary/aromatic N) is 2. The van der Waals surface area contributed by atoms with Crippen LogP contribution in [0.5, 0.6) is 0 Å². The zero-order chi connectivity index (χ0) is 13.0. The highest BCUT2D eigenvalue weighted by Crippen LogP contribution is 2.37. The van der Waals surface area contributed by atoms with Gasteiger partial charge in [0.25, 0.3) is 0 Å². The molecule has 5 heteroatoms. The summed E-state index contributed by atoms with van der Waals surface area (Å²) in [7, 11) is 1.87. The number of halogens is 1. The fourth-order valence-electron chi connectivity index (χ4n) is 2.31. The maximum atomic E-state index is 9.31. The molecule has 1 aliphatic rings. The van der Waals surface area contributed by atoms with E-state index in [1.54, 1.807) is 18.0 Å². The first-order chi connectivity index (χ1) is 8.67. The Kier molecular flexibility index (Phi) is 4.50. The zero-order valence-corrected chi connectivity index (χ0v) is 11.9. The van der Waals surface area contributed by atoms with Crippen LogP contribution in [0.15, 0.2) is 23.4 Å². The normalized spacial score (nSPS) is 27.7. The molecule has 0 amide bonds. The fraction of sp³-hybridized carbons (Fsp3) is 0.538. The van der Waals surface area contributed by atoms with Gasteiger partial charge in [0, 0.05) is 11.4 Å². The van der Waals surface area contributed by atoms with Crippen LogP contribution in [0.4, 0.5) is 0 Å². The predicted octanol–water partition coefficient (Wildman–Crippen LogP) is 3.25. The van der Waals surface area contributed by atoms with Crippen molar-refractivity contribution in [2.45, 2.75) is 41.5 Å². The molecule has 1 fully saturated rings. The summed E-state index contributed by atoms with van der Waals surface area (Å²) in [5.74, 6) is 0. The van der Waals surface area contributed by atoms with E-state index in [0.29, 0.717) is 10.3 Å². The van der Waals surface area contributed by atoms with Crippen molar-refractivity contribution in [2.24, 2.45) is 0 Å². The van der Waals surface area contributed by atoms with E-state index in [0.717, 1.165) is 30.7 Å². The van der Waals surface area contributed by atoms with E-state index >= 15 is 0 Å². The number of nitrogens with one attached hydrogen (secondary N) is 1. The molecule has 0 saturated heterocycles. The van der Waals surface area contributed by atoms with Gasteiger partial charge in [-0.1, -0.05) is 11.6 Å². The first-order valence-electron chi connectivity index (χ1n) is 6.06. The lowest BCUT2D eigenvalue weighted by molar-refractivity contribution is 0.323. The second kappa shape index (κ2) is 5.92. The Balaban J connectivity index is 2.02. The summed E-state index contributed by atoms with van der Waals surface area (Å²) in [5, 5.41) is 14.6. The second-order valence-electron chi connectivity index (χ2n) is 4.59. The molecule has 0 radical (unpaired) electrons. The van der Waals surface area contributed by atoms with Gasteiger partial charge in [-0.3, -0.25) is 0 Å². The van der Waals surface area contributed by atoms with Gasteiger partial charge in [-0.25, -0.2) is 4.98 Å². The minimum atomic E-state index is -0.359. The Morgan fingerprint density at radius 2 is 2.44 bits per heavy atom. The standard InChI is InChI=1S/C13H16ClN3S/c1-16-13(9-15)6-2-3-11(7-13)18-12-5-4-10(14)8-17-12/h4-5,8,11,16H,2-3,6-7H2,1H3. The predicted molar refractivity (Wildman–Crippen MR) is 74.8 cm³/mol. The SMILES string of the molecule is CNC1(C#N)CCCC(Sc2ccc(Cl)cn2)C1. The van der Waals surface area contributed by atoms with Gasteiger partial charge in [0.2, 0.25) is 0 Å². The van der Waals surface area contributed by atoms with Gasteiger partial charge in [0.15, 0.2) is 0 Å². The van der Waals surface area contributed by atoms with Crippen LogP contribution in [0.1, 0.15) is 25.7 Å². The molecule has 0 aromatic carbocycles. The van der Waals surface area contributed by atoms with Crippen LogP contribution in [0.3, 0.4) is 0 Å². The summed E-state index contributed by atoms with van der Waals surface area (Å²) >= 11 is 7.57. The van der Waals surface area contributed by atoms with E-state index in [1.807, 2.05) is 19.2 Å². The Morgan fingerprint density at radius 3 is 3.06 bits per heavy atom. The van der Waals surface area contributed by atoms with Crippen LogP contribution in [-0.2, 0) is 0 Å². The van der Waals surface area contributed by atoms with E-state index in [4.69, 9.17) is 11.6 Å². The van der Waals surface area contributed by atoms with Crippen LogP contribution < -0.4 is 5.32 Å². The maximum absolute atomic E-state index is 9.31. The molecule has 1 heterocycles. The van der Waals surface area contributed by atoms with Crippen molar-refractivity contribution >= 4 is 23.4 Å². The molecular weight excluding hydrogens is 266 g/mol. The van der Waals surface area contributed by atoms with Crippen molar-refractivity contribution in [3.8, 4) is 6.07 Å². The lowest BCUT2D eigenvalue weighted by Gasteiger charge is -2.34. The molecule has 1 N–H and O–H groups in total. The molecule has 1 aliphatic carbocycles.